The maximum absolute atomic E-state index is 12.6. The molecule has 0 bridgehead atoms. The number of hydrogen-bond acceptors (Lipinski definition) is 5. The minimum absolute atomic E-state index is 0.0142. The number of piperidine rings is 1. The summed E-state index contributed by atoms with van der Waals surface area (Å²) < 4.78 is 31.1. The molecule has 0 spiro atoms. The molecule has 8 heteroatoms. The number of ether oxygens (including phenoxy) is 1. The van der Waals surface area contributed by atoms with Crippen LogP contribution in [0.3, 0.4) is 0 Å². The highest BCUT2D eigenvalue weighted by Crippen LogP contribution is 2.50. The van der Waals surface area contributed by atoms with Gasteiger partial charge in [-0.25, -0.2) is 12.7 Å². The molecule has 7 nitrogen and oxygen atoms in total. The molecule has 0 aromatic carbocycles. The minimum Gasteiger partial charge on any atom is -0.481 e. The van der Waals surface area contributed by atoms with Crippen LogP contribution in [0.2, 0.25) is 0 Å². The lowest BCUT2D eigenvalue weighted by atomic mass is 9.92. The molecule has 0 radical (unpaired) electrons. The van der Waals surface area contributed by atoms with Crippen molar-refractivity contribution in [2.24, 2.45) is 17.3 Å². The second-order valence-electron chi connectivity index (χ2n) is 6.70. The number of carboxylic acids is 1. The Kier molecular flexibility index (Phi) is 4.81. The van der Waals surface area contributed by atoms with Crippen LogP contribution >= 0.6 is 0 Å². The summed E-state index contributed by atoms with van der Waals surface area (Å²) in [4.78, 5) is 22.6. The fourth-order valence-corrected chi connectivity index (χ4v) is 5.35. The summed E-state index contributed by atoms with van der Waals surface area (Å²) in [5, 5.41) is 9.15. The van der Waals surface area contributed by atoms with Gasteiger partial charge in [-0.15, -0.1) is 0 Å². The Labute approximate surface area is 130 Å². The van der Waals surface area contributed by atoms with Gasteiger partial charge >= 0.3 is 11.9 Å². The smallest absolute Gasteiger partial charge is 0.307 e. The third-order valence-corrected chi connectivity index (χ3v) is 6.62. The zero-order valence-corrected chi connectivity index (χ0v) is 13.8. The molecule has 1 N–H and O–H groups in total. The van der Waals surface area contributed by atoms with Crippen molar-refractivity contribution < 1.29 is 27.9 Å². The highest BCUT2D eigenvalue weighted by molar-refractivity contribution is 7.89. The first-order valence-electron chi connectivity index (χ1n) is 7.45. The Bertz CT molecular complexity index is 554. The fraction of sp³-hybridized carbons (Fsp3) is 0.857. The van der Waals surface area contributed by atoms with Gasteiger partial charge in [-0.05, 0) is 30.6 Å². The van der Waals surface area contributed by atoms with Crippen molar-refractivity contribution in [1.82, 2.24) is 4.31 Å². The van der Waals surface area contributed by atoms with E-state index >= 15 is 0 Å². The first-order chi connectivity index (χ1) is 10.2. The topological polar surface area (TPSA) is 101 Å². The standard InChI is InChI=1S/C14H23NO6S/c1-10-5-11(13(17)18)8-15(7-10)22(19,20)9-14(3-4-14)6-12(16)21-2/h10-11H,3-9H2,1-2H3,(H,17,18). The number of nitrogens with zero attached hydrogens (tertiary/aromatic N) is 1. The first kappa shape index (κ1) is 17.2. The Morgan fingerprint density at radius 1 is 1.32 bits per heavy atom. The normalized spacial score (nSPS) is 28.1. The molecular weight excluding hydrogens is 310 g/mol. The van der Waals surface area contributed by atoms with Crippen LogP contribution in [0.25, 0.3) is 0 Å². The van der Waals surface area contributed by atoms with Gasteiger partial charge in [-0.2, -0.15) is 0 Å². The van der Waals surface area contributed by atoms with Gasteiger partial charge < -0.3 is 9.84 Å². The van der Waals surface area contributed by atoms with Crippen molar-refractivity contribution in [3.63, 3.8) is 0 Å². The van der Waals surface area contributed by atoms with Crippen LogP contribution in [0, 0.1) is 17.3 Å². The van der Waals surface area contributed by atoms with E-state index in [2.05, 4.69) is 4.74 Å². The maximum atomic E-state index is 12.6. The number of aliphatic carboxylic acids is 1. The predicted molar refractivity (Wildman–Crippen MR) is 78.6 cm³/mol. The van der Waals surface area contributed by atoms with Crippen LogP contribution < -0.4 is 0 Å². The van der Waals surface area contributed by atoms with Crippen LogP contribution in [0.15, 0.2) is 0 Å². The second-order valence-corrected chi connectivity index (χ2v) is 8.67. The SMILES string of the molecule is COC(=O)CC1(CS(=O)(=O)N2CC(C)CC(C(=O)O)C2)CC1. The fourth-order valence-electron chi connectivity index (χ4n) is 3.11. The highest BCUT2D eigenvalue weighted by Gasteiger charge is 2.50. The van der Waals surface area contributed by atoms with E-state index in [4.69, 9.17) is 5.11 Å². The minimum atomic E-state index is -3.57. The van der Waals surface area contributed by atoms with Gasteiger partial charge in [0.2, 0.25) is 10.0 Å². The zero-order chi connectivity index (χ0) is 16.5. The van der Waals surface area contributed by atoms with Gasteiger partial charge in [0.05, 0.1) is 25.2 Å². The zero-order valence-electron chi connectivity index (χ0n) is 12.9. The summed E-state index contributed by atoms with van der Waals surface area (Å²) in [5.41, 5.74) is -0.522. The number of sulfonamides is 1. The van der Waals surface area contributed by atoms with Crippen LogP contribution in [-0.2, 0) is 24.3 Å². The molecule has 1 aliphatic heterocycles. The molecule has 2 rings (SSSR count). The molecule has 2 aliphatic rings. The summed E-state index contributed by atoms with van der Waals surface area (Å²) in [5.74, 6) is -2.10. The van der Waals surface area contributed by atoms with E-state index < -0.39 is 33.3 Å². The van der Waals surface area contributed by atoms with E-state index in [1.54, 1.807) is 0 Å². The van der Waals surface area contributed by atoms with Crippen molar-refractivity contribution in [3.8, 4) is 0 Å². The summed E-state index contributed by atoms with van der Waals surface area (Å²) in [6.45, 7) is 2.23. The number of carboxylic acid groups (broad SMARTS) is 1. The van der Waals surface area contributed by atoms with Crippen molar-refractivity contribution in [2.75, 3.05) is 26.0 Å². The van der Waals surface area contributed by atoms with E-state index in [-0.39, 0.29) is 24.6 Å². The molecule has 126 valence electrons. The monoisotopic (exact) mass is 333 g/mol. The Morgan fingerprint density at radius 2 is 1.95 bits per heavy atom. The van der Waals surface area contributed by atoms with Crippen molar-refractivity contribution >= 4 is 22.0 Å². The number of hydrogen-bond donors (Lipinski definition) is 1. The van der Waals surface area contributed by atoms with E-state index in [0.717, 1.165) is 0 Å². The molecule has 0 aromatic heterocycles. The van der Waals surface area contributed by atoms with Crippen LogP contribution in [0.1, 0.15) is 32.6 Å². The van der Waals surface area contributed by atoms with E-state index in [1.165, 1.54) is 11.4 Å². The van der Waals surface area contributed by atoms with Gasteiger partial charge in [-0.1, -0.05) is 6.92 Å². The number of methoxy groups -OCH3 is 1. The lowest BCUT2D eigenvalue weighted by Gasteiger charge is -2.34. The van der Waals surface area contributed by atoms with Crippen molar-refractivity contribution in [2.45, 2.75) is 32.6 Å². The van der Waals surface area contributed by atoms with Gasteiger partial charge in [0, 0.05) is 13.1 Å². The van der Waals surface area contributed by atoms with Crippen LogP contribution in [-0.4, -0.2) is 55.7 Å². The Hall–Kier alpha value is -1.15. The molecule has 2 atom stereocenters. The summed E-state index contributed by atoms with van der Waals surface area (Å²) in [6.07, 6.45) is 1.98. The van der Waals surface area contributed by atoms with Gasteiger partial charge in [-0.3, -0.25) is 9.59 Å². The molecule has 1 saturated heterocycles. The first-order valence-corrected chi connectivity index (χ1v) is 9.06. The van der Waals surface area contributed by atoms with Crippen molar-refractivity contribution in [3.05, 3.63) is 0 Å². The number of rotatable bonds is 6. The molecular formula is C14H23NO6S. The molecule has 1 saturated carbocycles. The third kappa shape index (κ3) is 3.98. The quantitative estimate of drug-likeness (QED) is 0.718. The molecule has 2 unspecified atom stereocenters. The number of carbonyl (C=O) groups is 2. The molecule has 1 heterocycles. The molecule has 0 amide bonds. The highest BCUT2D eigenvalue weighted by atomic mass is 32.2. The van der Waals surface area contributed by atoms with Gasteiger partial charge in [0.15, 0.2) is 0 Å². The lowest BCUT2D eigenvalue weighted by Crippen LogP contribution is -2.47. The average Bonchev–Trinajstić information content (AvgIpc) is 3.16. The predicted octanol–water partition coefficient (Wildman–Crippen LogP) is 0.702. The third-order valence-electron chi connectivity index (χ3n) is 4.56. The van der Waals surface area contributed by atoms with Crippen molar-refractivity contribution in [1.29, 1.82) is 0 Å². The molecule has 0 aromatic rings. The number of esters is 1. The second kappa shape index (κ2) is 6.16. The summed E-state index contributed by atoms with van der Waals surface area (Å²) in [6, 6.07) is 0. The van der Waals surface area contributed by atoms with Gasteiger partial charge in [0.25, 0.3) is 0 Å². The maximum Gasteiger partial charge on any atom is 0.307 e. The Morgan fingerprint density at radius 3 is 2.45 bits per heavy atom. The largest absolute Gasteiger partial charge is 0.481 e. The molecule has 2 fully saturated rings. The van der Waals surface area contributed by atoms with Gasteiger partial charge in [0.1, 0.15) is 0 Å². The average molecular weight is 333 g/mol. The van der Waals surface area contributed by atoms with E-state index in [9.17, 15) is 18.0 Å². The molecule has 22 heavy (non-hydrogen) atoms. The Balaban J connectivity index is 2.06. The lowest BCUT2D eigenvalue weighted by molar-refractivity contribution is -0.143. The summed E-state index contributed by atoms with van der Waals surface area (Å²) >= 11 is 0. The van der Waals surface area contributed by atoms with Crippen LogP contribution in [0.5, 0.6) is 0 Å². The van der Waals surface area contributed by atoms with E-state index in [0.29, 0.717) is 25.8 Å². The summed E-state index contributed by atoms with van der Waals surface area (Å²) in [7, 11) is -2.28. The van der Waals surface area contributed by atoms with E-state index in [1.807, 2.05) is 6.92 Å². The number of carbonyl (C=O) groups excluding carboxylic acids is 1. The van der Waals surface area contributed by atoms with Crippen LogP contribution in [0.4, 0.5) is 0 Å². The molecule has 1 aliphatic carbocycles.